The summed E-state index contributed by atoms with van der Waals surface area (Å²) in [6.07, 6.45) is 0. The second-order valence-electron chi connectivity index (χ2n) is 2.03. The maximum absolute atomic E-state index is 11.2. The van der Waals surface area contributed by atoms with Gasteiger partial charge in [0.2, 0.25) is 5.02 Å². The zero-order valence-electron chi connectivity index (χ0n) is 6.04. The molecule has 0 aromatic heterocycles. The lowest BCUT2D eigenvalue weighted by Gasteiger charge is -2.02. The maximum atomic E-state index is 11.2. The second kappa shape index (κ2) is 4.60. The molecular formula is C7H6Cl2O2Si. The molecule has 0 amide bonds. The topological polar surface area (TPSA) is 26.3 Å². The van der Waals surface area contributed by atoms with Crippen molar-refractivity contribution in [2.75, 3.05) is 0 Å². The van der Waals surface area contributed by atoms with Gasteiger partial charge in [-0.1, -0.05) is 53.5 Å². The molecular weight excluding hydrogens is 215 g/mol. The summed E-state index contributed by atoms with van der Waals surface area (Å²) < 4.78 is 16.0. The zero-order valence-corrected chi connectivity index (χ0v) is 8.55. The third-order valence-electron chi connectivity index (χ3n) is 1.21. The molecule has 0 saturated carbocycles. The number of rotatable bonds is 3. The van der Waals surface area contributed by atoms with Gasteiger partial charge < -0.3 is 8.89 Å². The van der Waals surface area contributed by atoms with Crippen molar-refractivity contribution in [1.82, 2.24) is 0 Å². The van der Waals surface area contributed by atoms with E-state index in [1.54, 1.807) is 24.3 Å². The Morgan fingerprint density at radius 3 is 2.33 bits per heavy atom. The van der Waals surface area contributed by atoms with E-state index in [1.807, 2.05) is 6.07 Å². The van der Waals surface area contributed by atoms with Gasteiger partial charge in [0.05, 0.1) is 0 Å². The van der Waals surface area contributed by atoms with Crippen molar-refractivity contribution in [2.24, 2.45) is 0 Å². The lowest BCUT2D eigenvalue weighted by atomic mass is 10.4. The number of hydrogen-bond acceptors (Lipinski definition) is 2. The lowest BCUT2D eigenvalue weighted by Crippen LogP contribution is -2.25. The van der Waals surface area contributed by atoms with E-state index in [1.165, 1.54) is 0 Å². The third kappa shape index (κ3) is 2.93. The fourth-order valence-electron chi connectivity index (χ4n) is 0.723. The van der Waals surface area contributed by atoms with Crippen molar-refractivity contribution < 1.29 is 8.89 Å². The Kier molecular flexibility index (Phi) is 3.72. The van der Waals surface area contributed by atoms with Gasteiger partial charge in [0.25, 0.3) is 0 Å². The van der Waals surface area contributed by atoms with E-state index in [0.717, 1.165) is 0 Å². The molecule has 0 spiro atoms. The first kappa shape index (κ1) is 9.70. The van der Waals surface area contributed by atoms with Crippen molar-refractivity contribution in [1.29, 1.82) is 0 Å². The van der Waals surface area contributed by atoms with Crippen LogP contribution in [0.1, 0.15) is 0 Å². The van der Waals surface area contributed by atoms with Crippen LogP contribution in [0.25, 0.3) is 0 Å². The molecule has 1 aromatic rings. The predicted octanol–water partition coefficient (Wildman–Crippen LogP) is 1.59. The van der Waals surface area contributed by atoms with Gasteiger partial charge in [0.15, 0.2) is 0 Å². The first-order chi connectivity index (χ1) is 5.70. The Hall–Kier alpha value is -0.383. The van der Waals surface area contributed by atoms with Gasteiger partial charge in [0, 0.05) is 5.19 Å². The van der Waals surface area contributed by atoms with Crippen LogP contribution in [0, 0.1) is 0 Å². The molecule has 5 heteroatoms. The van der Waals surface area contributed by atoms with E-state index in [9.17, 15) is 4.46 Å². The highest BCUT2D eigenvalue weighted by Gasteiger charge is 2.13. The molecule has 0 heterocycles. The van der Waals surface area contributed by atoms with Gasteiger partial charge in [-0.15, -0.1) is 0 Å². The predicted molar refractivity (Wildman–Crippen MR) is 49.1 cm³/mol. The van der Waals surface area contributed by atoms with Gasteiger partial charge in [-0.25, -0.2) is 0 Å². The van der Waals surface area contributed by atoms with E-state index in [0.29, 0.717) is 5.19 Å². The minimum absolute atomic E-state index is 0.619. The van der Waals surface area contributed by atoms with Crippen LogP contribution in [-0.4, -0.2) is 13.9 Å². The van der Waals surface area contributed by atoms with Gasteiger partial charge in [-0.05, 0) is 0 Å². The molecule has 0 N–H and O–H groups in total. The van der Waals surface area contributed by atoms with Crippen molar-refractivity contribution in [3.8, 4) is 0 Å². The van der Waals surface area contributed by atoms with Crippen molar-refractivity contribution in [3.63, 3.8) is 0 Å². The molecule has 0 unspecified atom stereocenters. The van der Waals surface area contributed by atoms with Crippen LogP contribution in [0.3, 0.4) is 0 Å². The minimum Gasteiger partial charge on any atom is -0.492 e. The van der Waals surface area contributed by atoms with Gasteiger partial charge in [-0.2, -0.15) is 0 Å². The first-order valence-electron chi connectivity index (χ1n) is 3.24. The van der Waals surface area contributed by atoms with Crippen molar-refractivity contribution in [2.45, 2.75) is 5.02 Å². The van der Waals surface area contributed by atoms with Crippen LogP contribution >= 0.6 is 23.2 Å². The summed E-state index contributed by atoms with van der Waals surface area (Å²) >= 11 is 10.6. The normalized spacial score (nSPS) is 9.92. The lowest BCUT2D eigenvalue weighted by molar-refractivity contribution is 0.328. The van der Waals surface area contributed by atoms with E-state index in [2.05, 4.69) is 0 Å². The average Bonchev–Trinajstić information content (AvgIpc) is 2.05. The molecule has 0 aliphatic heterocycles. The highest BCUT2D eigenvalue weighted by Crippen LogP contribution is 2.02. The van der Waals surface area contributed by atoms with Crippen LogP contribution in [0.15, 0.2) is 30.3 Å². The van der Waals surface area contributed by atoms with Crippen molar-refractivity contribution in [3.05, 3.63) is 30.3 Å². The Morgan fingerprint density at radius 1 is 1.25 bits per heavy atom. The highest BCUT2D eigenvalue weighted by molar-refractivity contribution is 6.55. The molecule has 1 aromatic carbocycles. The van der Waals surface area contributed by atoms with Crippen LogP contribution in [0.4, 0.5) is 0 Å². The Balaban J connectivity index is 2.66. The SMILES string of the molecule is O=[Si](OC(Cl)Cl)c1ccccc1. The molecule has 0 atom stereocenters. The third-order valence-corrected chi connectivity index (χ3v) is 2.94. The molecule has 64 valence electrons. The largest absolute Gasteiger partial charge is 0.541 e. The second-order valence-corrected chi connectivity index (χ2v) is 4.44. The Bertz CT molecular complexity index is 263. The fraction of sp³-hybridized carbons (Fsp3) is 0.143. The van der Waals surface area contributed by atoms with E-state index in [4.69, 9.17) is 27.6 Å². The molecule has 12 heavy (non-hydrogen) atoms. The Morgan fingerprint density at radius 2 is 1.83 bits per heavy atom. The van der Waals surface area contributed by atoms with Crippen LogP contribution in [-0.2, 0) is 8.89 Å². The minimum atomic E-state index is -2.28. The Labute approximate surface area is 81.8 Å². The summed E-state index contributed by atoms with van der Waals surface area (Å²) in [5.41, 5.74) is 0. The van der Waals surface area contributed by atoms with E-state index < -0.39 is 13.9 Å². The molecule has 0 bridgehead atoms. The molecule has 1 rings (SSSR count). The molecule has 0 radical (unpaired) electrons. The van der Waals surface area contributed by atoms with Gasteiger partial charge in [-0.3, -0.25) is 0 Å². The molecule has 2 nitrogen and oxygen atoms in total. The first-order valence-corrected chi connectivity index (χ1v) is 5.43. The molecule has 0 aliphatic carbocycles. The van der Waals surface area contributed by atoms with Crippen LogP contribution in [0.5, 0.6) is 0 Å². The number of alkyl halides is 2. The summed E-state index contributed by atoms with van der Waals surface area (Å²) in [6.45, 7) is 0. The highest BCUT2D eigenvalue weighted by atomic mass is 35.5. The maximum Gasteiger partial charge on any atom is 0.541 e. The summed E-state index contributed by atoms with van der Waals surface area (Å²) in [5.74, 6) is 0. The quantitative estimate of drug-likeness (QED) is 0.572. The summed E-state index contributed by atoms with van der Waals surface area (Å²) in [7, 11) is -2.28. The standard InChI is InChI=1S/C7H6Cl2O2Si/c8-7(9)11-12(10)6-4-2-1-3-5-6/h1-5,7H. The number of hydrogen-bond donors (Lipinski definition) is 0. The molecule has 0 aliphatic rings. The summed E-state index contributed by atoms with van der Waals surface area (Å²) in [5, 5.41) is -0.412. The van der Waals surface area contributed by atoms with Gasteiger partial charge in [0.1, 0.15) is 0 Å². The molecule has 0 fully saturated rings. The average molecular weight is 221 g/mol. The smallest absolute Gasteiger partial charge is 0.492 e. The van der Waals surface area contributed by atoms with E-state index >= 15 is 0 Å². The fourth-order valence-corrected chi connectivity index (χ4v) is 1.97. The number of halogens is 2. The van der Waals surface area contributed by atoms with Crippen LogP contribution in [0.2, 0.25) is 0 Å². The number of benzene rings is 1. The zero-order chi connectivity index (χ0) is 8.97. The van der Waals surface area contributed by atoms with Crippen molar-refractivity contribution >= 4 is 37.3 Å². The molecule has 0 saturated heterocycles. The summed E-state index contributed by atoms with van der Waals surface area (Å²) in [6, 6.07) is 8.80. The van der Waals surface area contributed by atoms with E-state index in [-0.39, 0.29) is 0 Å². The monoisotopic (exact) mass is 220 g/mol. The van der Waals surface area contributed by atoms with Gasteiger partial charge >= 0.3 is 8.93 Å². The van der Waals surface area contributed by atoms with Crippen LogP contribution < -0.4 is 5.19 Å². The summed E-state index contributed by atoms with van der Waals surface area (Å²) in [4.78, 5) is 0.